The van der Waals surface area contributed by atoms with Crippen molar-refractivity contribution in [2.45, 2.75) is 39.5 Å². The zero-order chi connectivity index (χ0) is 15.7. The van der Waals surface area contributed by atoms with Crippen LogP contribution in [-0.2, 0) is 4.79 Å². The van der Waals surface area contributed by atoms with E-state index in [2.05, 4.69) is 15.0 Å². The first-order valence-corrected chi connectivity index (χ1v) is 7.66. The van der Waals surface area contributed by atoms with E-state index in [0.29, 0.717) is 6.54 Å². The molecular weight excluding hydrogens is 278 g/mol. The number of hydrogen-bond donors (Lipinski definition) is 1. The summed E-state index contributed by atoms with van der Waals surface area (Å²) in [5.74, 6) is 1.91. The van der Waals surface area contributed by atoms with Crippen LogP contribution in [0.15, 0.2) is 12.3 Å². The third kappa shape index (κ3) is 3.00. The number of aromatic nitrogens is 4. The Morgan fingerprint density at radius 1 is 1.36 bits per heavy atom. The number of likely N-dealkylation sites (tertiary alicyclic amines) is 1. The Morgan fingerprint density at radius 2 is 2.18 bits per heavy atom. The van der Waals surface area contributed by atoms with E-state index in [1.165, 1.54) is 0 Å². The molecule has 6 nitrogen and oxygen atoms in total. The average molecular weight is 299 g/mol. The lowest BCUT2D eigenvalue weighted by atomic mass is 9.97. The molecule has 0 aromatic carbocycles. The molecule has 0 radical (unpaired) electrons. The van der Waals surface area contributed by atoms with Gasteiger partial charge in [0, 0.05) is 43.5 Å². The average Bonchev–Trinajstić information content (AvgIpc) is 2.93. The van der Waals surface area contributed by atoms with Gasteiger partial charge in [0.25, 0.3) is 0 Å². The molecule has 0 bridgehead atoms. The number of imidazole rings is 1. The molecule has 0 unspecified atom stereocenters. The maximum Gasteiger partial charge on any atom is 0.219 e. The van der Waals surface area contributed by atoms with E-state index >= 15 is 0 Å². The van der Waals surface area contributed by atoms with Gasteiger partial charge in [-0.3, -0.25) is 4.79 Å². The molecule has 3 heterocycles. The Bertz CT molecular complexity index is 694. The number of nitrogens with zero attached hydrogens (tertiary/aromatic N) is 4. The minimum Gasteiger partial charge on any atom is -0.342 e. The van der Waals surface area contributed by atoms with Crippen LogP contribution in [0.2, 0.25) is 0 Å². The number of amides is 1. The van der Waals surface area contributed by atoms with E-state index in [0.717, 1.165) is 48.1 Å². The predicted molar refractivity (Wildman–Crippen MR) is 83.3 cm³/mol. The van der Waals surface area contributed by atoms with Gasteiger partial charge in [0.2, 0.25) is 5.91 Å². The quantitative estimate of drug-likeness (QED) is 0.922. The van der Waals surface area contributed by atoms with Crippen molar-refractivity contribution in [2.24, 2.45) is 0 Å². The minimum absolute atomic E-state index is 0.124. The summed E-state index contributed by atoms with van der Waals surface area (Å²) < 4.78 is 0. The molecule has 1 aliphatic heterocycles. The molecule has 22 heavy (non-hydrogen) atoms. The van der Waals surface area contributed by atoms with E-state index < -0.39 is 0 Å². The normalized spacial score (nSPS) is 18.5. The van der Waals surface area contributed by atoms with Gasteiger partial charge >= 0.3 is 0 Å². The number of carbonyl (C=O) groups is 1. The Kier molecular flexibility index (Phi) is 3.92. The largest absolute Gasteiger partial charge is 0.342 e. The standard InChI is InChI=1S/C16H21N5O/c1-10-7-14(16-17-8-11(2)19-16)20-15(18-10)13-5-4-6-21(9-13)12(3)22/h7-8,13H,4-6,9H2,1-3H3,(H,17,19)/t13-/m0/s1. The highest BCUT2D eigenvalue weighted by Crippen LogP contribution is 2.26. The van der Waals surface area contributed by atoms with Gasteiger partial charge in [0.15, 0.2) is 5.82 Å². The number of rotatable bonds is 2. The SMILES string of the molecule is CC(=O)N1CCC[C@H](c2nc(C)cc(-c3ncc(C)[nH]3)n2)C1. The molecule has 1 amide bonds. The fourth-order valence-electron chi connectivity index (χ4n) is 2.91. The van der Waals surface area contributed by atoms with Crippen molar-refractivity contribution < 1.29 is 4.79 Å². The Labute approximate surface area is 130 Å². The second-order valence-corrected chi connectivity index (χ2v) is 5.97. The number of aromatic amines is 1. The maximum atomic E-state index is 11.6. The third-order valence-corrected chi connectivity index (χ3v) is 4.05. The van der Waals surface area contributed by atoms with Crippen LogP contribution >= 0.6 is 0 Å². The van der Waals surface area contributed by atoms with Gasteiger partial charge < -0.3 is 9.88 Å². The lowest BCUT2D eigenvalue weighted by Crippen LogP contribution is -2.38. The fraction of sp³-hybridized carbons (Fsp3) is 0.500. The summed E-state index contributed by atoms with van der Waals surface area (Å²) in [5, 5.41) is 0. The van der Waals surface area contributed by atoms with Crippen molar-refractivity contribution in [1.82, 2.24) is 24.8 Å². The molecule has 0 aliphatic carbocycles. The first-order chi connectivity index (χ1) is 10.5. The number of carbonyl (C=O) groups excluding carboxylic acids is 1. The molecule has 1 saturated heterocycles. The lowest BCUT2D eigenvalue weighted by Gasteiger charge is -2.31. The number of nitrogens with one attached hydrogen (secondary N) is 1. The maximum absolute atomic E-state index is 11.6. The highest BCUT2D eigenvalue weighted by Gasteiger charge is 2.25. The lowest BCUT2D eigenvalue weighted by molar-refractivity contribution is -0.130. The molecule has 1 fully saturated rings. The van der Waals surface area contributed by atoms with Crippen molar-refractivity contribution >= 4 is 5.91 Å². The molecule has 3 rings (SSSR count). The smallest absolute Gasteiger partial charge is 0.219 e. The van der Waals surface area contributed by atoms with Gasteiger partial charge in [0.1, 0.15) is 11.5 Å². The van der Waals surface area contributed by atoms with Crippen LogP contribution in [-0.4, -0.2) is 43.8 Å². The zero-order valence-corrected chi connectivity index (χ0v) is 13.3. The third-order valence-electron chi connectivity index (χ3n) is 4.05. The summed E-state index contributed by atoms with van der Waals surface area (Å²) >= 11 is 0. The first-order valence-electron chi connectivity index (χ1n) is 7.66. The summed E-state index contributed by atoms with van der Waals surface area (Å²) in [6.07, 6.45) is 3.81. The van der Waals surface area contributed by atoms with Crippen LogP contribution in [0.25, 0.3) is 11.5 Å². The van der Waals surface area contributed by atoms with Crippen molar-refractivity contribution in [3.05, 3.63) is 29.5 Å². The molecule has 0 spiro atoms. The molecule has 6 heteroatoms. The monoisotopic (exact) mass is 299 g/mol. The molecule has 116 valence electrons. The second-order valence-electron chi connectivity index (χ2n) is 5.97. The molecule has 1 aliphatic rings. The van der Waals surface area contributed by atoms with E-state index in [1.807, 2.05) is 24.8 Å². The van der Waals surface area contributed by atoms with Crippen molar-refractivity contribution in [1.29, 1.82) is 0 Å². The highest BCUT2D eigenvalue weighted by molar-refractivity contribution is 5.73. The van der Waals surface area contributed by atoms with Gasteiger partial charge in [-0.05, 0) is 32.8 Å². The van der Waals surface area contributed by atoms with Gasteiger partial charge in [-0.1, -0.05) is 0 Å². The minimum atomic E-state index is 0.124. The number of H-pyrrole nitrogens is 1. The van der Waals surface area contributed by atoms with E-state index in [9.17, 15) is 4.79 Å². The van der Waals surface area contributed by atoms with Crippen molar-refractivity contribution in [2.75, 3.05) is 13.1 Å². The fourth-order valence-corrected chi connectivity index (χ4v) is 2.91. The van der Waals surface area contributed by atoms with Crippen LogP contribution in [0.3, 0.4) is 0 Å². The molecule has 1 N–H and O–H groups in total. The van der Waals surface area contributed by atoms with E-state index in [1.54, 1.807) is 13.1 Å². The van der Waals surface area contributed by atoms with Gasteiger partial charge in [0.05, 0.1) is 0 Å². The van der Waals surface area contributed by atoms with E-state index in [4.69, 9.17) is 4.98 Å². The van der Waals surface area contributed by atoms with Crippen LogP contribution in [0.5, 0.6) is 0 Å². The van der Waals surface area contributed by atoms with Crippen LogP contribution < -0.4 is 0 Å². The molecule has 2 aromatic heterocycles. The molecular formula is C16H21N5O. The Morgan fingerprint density at radius 3 is 2.86 bits per heavy atom. The second kappa shape index (κ2) is 5.87. The van der Waals surface area contributed by atoms with Gasteiger partial charge in [-0.15, -0.1) is 0 Å². The Balaban J connectivity index is 1.90. The van der Waals surface area contributed by atoms with Crippen LogP contribution in [0.1, 0.15) is 42.9 Å². The molecule has 0 saturated carbocycles. The molecule has 1 atom stereocenters. The van der Waals surface area contributed by atoms with Crippen LogP contribution in [0, 0.1) is 13.8 Å². The number of aryl methyl sites for hydroxylation is 2. The zero-order valence-electron chi connectivity index (χ0n) is 13.3. The van der Waals surface area contributed by atoms with Crippen LogP contribution in [0.4, 0.5) is 0 Å². The van der Waals surface area contributed by atoms with E-state index in [-0.39, 0.29) is 11.8 Å². The summed E-state index contributed by atoms with van der Waals surface area (Å²) in [6, 6.07) is 1.94. The summed E-state index contributed by atoms with van der Waals surface area (Å²) in [4.78, 5) is 30.3. The summed E-state index contributed by atoms with van der Waals surface area (Å²) in [5.41, 5.74) is 2.75. The first kappa shape index (κ1) is 14.7. The topological polar surface area (TPSA) is 74.8 Å². The summed E-state index contributed by atoms with van der Waals surface area (Å²) in [6.45, 7) is 7.10. The Hall–Kier alpha value is -2.24. The highest BCUT2D eigenvalue weighted by atomic mass is 16.2. The van der Waals surface area contributed by atoms with Gasteiger partial charge in [-0.25, -0.2) is 15.0 Å². The summed E-state index contributed by atoms with van der Waals surface area (Å²) in [7, 11) is 0. The number of piperidine rings is 1. The molecule has 2 aromatic rings. The van der Waals surface area contributed by atoms with Gasteiger partial charge in [-0.2, -0.15) is 0 Å². The number of hydrogen-bond acceptors (Lipinski definition) is 4. The predicted octanol–water partition coefficient (Wildman–Crippen LogP) is 2.21. The van der Waals surface area contributed by atoms with Crippen molar-refractivity contribution in [3.8, 4) is 11.5 Å². The van der Waals surface area contributed by atoms with Crippen molar-refractivity contribution in [3.63, 3.8) is 0 Å².